The van der Waals surface area contributed by atoms with Crippen molar-refractivity contribution < 1.29 is 4.79 Å². The largest absolute Gasteiger partial charge is 0.371 e. The van der Waals surface area contributed by atoms with E-state index in [1.165, 1.54) is 50.6 Å². The number of hydrogen-bond donors (Lipinski definition) is 1. The van der Waals surface area contributed by atoms with Crippen molar-refractivity contribution in [2.75, 3.05) is 58.8 Å². The summed E-state index contributed by atoms with van der Waals surface area (Å²) in [6.45, 7) is 4.35. The predicted molar refractivity (Wildman–Crippen MR) is 147 cm³/mol. The molecule has 1 saturated carbocycles. The lowest BCUT2D eigenvalue weighted by Crippen LogP contribution is -2.43. The Morgan fingerprint density at radius 1 is 1.06 bits per heavy atom. The van der Waals surface area contributed by atoms with Crippen LogP contribution in [-0.2, 0) is 4.79 Å². The van der Waals surface area contributed by atoms with Crippen LogP contribution in [-0.4, -0.2) is 80.5 Å². The molecule has 33 heavy (non-hydrogen) atoms. The topological polar surface area (TPSA) is 64.1 Å². The summed E-state index contributed by atoms with van der Waals surface area (Å²) in [5.74, 6) is 2.38. The fourth-order valence-corrected chi connectivity index (χ4v) is 4.74. The van der Waals surface area contributed by atoms with E-state index >= 15 is 0 Å². The summed E-state index contributed by atoms with van der Waals surface area (Å²) in [7, 11) is 5.68. The van der Waals surface area contributed by atoms with E-state index in [-0.39, 0.29) is 36.4 Å². The lowest BCUT2D eigenvalue weighted by Gasteiger charge is -2.34. The number of pyridine rings is 1. The maximum absolute atomic E-state index is 12.1. The number of hydrogen-bond acceptors (Lipinski definition) is 4. The van der Waals surface area contributed by atoms with E-state index in [4.69, 9.17) is 0 Å². The number of carbonyl (C=O) groups excluding carboxylic acids is 1. The number of nitrogens with one attached hydrogen (secondary N) is 1. The van der Waals surface area contributed by atoms with Gasteiger partial charge in [0.2, 0.25) is 5.91 Å². The molecule has 0 radical (unpaired) electrons. The molecule has 7 nitrogen and oxygen atoms in total. The maximum Gasteiger partial charge on any atom is 0.243 e. The normalized spacial score (nSPS) is 17.9. The molecular weight excluding hydrogens is 527 g/mol. The fraction of sp³-hybridized carbons (Fsp3) is 0.720. The number of carbonyl (C=O) groups is 1. The molecule has 3 rings (SSSR count). The van der Waals surface area contributed by atoms with Crippen molar-refractivity contribution in [1.29, 1.82) is 0 Å². The van der Waals surface area contributed by atoms with Crippen molar-refractivity contribution in [3.05, 3.63) is 24.5 Å². The van der Waals surface area contributed by atoms with Crippen LogP contribution in [0.15, 0.2) is 29.5 Å². The van der Waals surface area contributed by atoms with Gasteiger partial charge in [-0.3, -0.25) is 9.78 Å². The number of anilines is 1. The molecule has 186 valence electrons. The zero-order chi connectivity index (χ0) is 22.8. The standard InChI is InChI=1S/C25H42N6O.HI/c1-29(2)24(32)20-28-25(27-19-22-7-5-4-6-8-22)30(3)16-11-21-12-17-31(18-13-21)23-9-14-26-15-10-23;/h9-10,14-15,21-22H,4-8,11-13,16-20H2,1-3H3,(H,27,28);1H. The van der Waals surface area contributed by atoms with Gasteiger partial charge in [0, 0.05) is 65.4 Å². The molecule has 1 aromatic heterocycles. The van der Waals surface area contributed by atoms with Crippen molar-refractivity contribution in [2.45, 2.75) is 51.4 Å². The van der Waals surface area contributed by atoms with Gasteiger partial charge in [0.1, 0.15) is 6.54 Å². The Balaban J connectivity index is 0.00000385. The van der Waals surface area contributed by atoms with Gasteiger partial charge in [-0.2, -0.15) is 0 Å². The smallest absolute Gasteiger partial charge is 0.243 e. The van der Waals surface area contributed by atoms with Crippen molar-refractivity contribution in [3.8, 4) is 0 Å². The van der Waals surface area contributed by atoms with Crippen molar-refractivity contribution >= 4 is 41.5 Å². The third-order valence-electron chi connectivity index (χ3n) is 7.01. The van der Waals surface area contributed by atoms with Crippen molar-refractivity contribution in [3.63, 3.8) is 0 Å². The molecule has 0 spiro atoms. The molecule has 0 aromatic carbocycles. The molecule has 2 aliphatic rings. The molecule has 2 fully saturated rings. The highest BCUT2D eigenvalue weighted by Gasteiger charge is 2.21. The van der Waals surface area contributed by atoms with Crippen LogP contribution in [0.5, 0.6) is 0 Å². The molecule has 1 aliphatic carbocycles. The van der Waals surface area contributed by atoms with Gasteiger partial charge in [-0.25, -0.2) is 4.99 Å². The summed E-state index contributed by atoms with van der Waals surface area (Å²) < 4.78 is 0. The monoisotopic (exact) mass is 570 g/mol. The van der Waals surface area contributed by atoms with Crippen molar-refractivity contribution in [2.24, 2.45) is 16.8 Å². The van der Waals surface area contributed by atoms with E-state index in [1.54, 1.807) is 19.0 Å². The molecule has 1 saturated heterocycles. The third kappa shape index (κ3) is 9.29. The van der Waals surface area contributed by atoms with Crippen LogP contribution in [0.2, 0.25) is 0 Å². The highest BCUT2D eigenvalue weighted by Crippen LogP contribution is 2.25. The summed E-state index contributed by atoms with van der Waals surface area (Å²) in [6, 6.07) is 4.20. The molecular formula is C25H43IN6O. The second-order valence-corrected chi connectivity index (χ2v) is 9.66. The van der Waals surface area contributed by atoms with Crippen LogP contribution in [0.1, 0.15) is 51.4 Å². The lowest BCUT2D eigenvalue weighted by molar-refractivity contribution is -0.127. The Labute approximate surface area is 217 Å². The van der Waals surface area contributed by atoms with Crippen LogP contribution in [0.3, 0.4) is 0 Å². The molecule has 1 amide bonds. The van der Waals surface area contributed by atoms with E-state index < -0.39 is 0 Å². The molecule has 1 aliphatic heterocycles. The highest BCUT2D eigenvalue weighted by molar-refractivity contribution is 14.0. The average molecular weight is 571 g/mol. The minimum atomic E-state index is 0. The molecule has 0 unspecified atom stereocenters. The van der Waals surface area contributed by atoms with E-state index in [0.29, 0.717) is 0 Å². The molecule has 1 N–H and O–H groups in total. The molecule has 1 aromatic rings. The van der Waals surface area contributed by atoms with Crippen LogP contribution in [0.4, 0.5) is 5.69 Å². The van der Waals surface area contributed by atoms with Crippen molar-refractivity contribution in [1.82, 2.24) is 20.1 Å². The minimum Gasteiger partial charge on any atom is -0.371 e. The Hall–Kier alpha value is -1.58. The van der Waals surface area contributed by atoms with E-state index in [2.05, 4.69) is 44.3 Å². The molecule has 2 heterocycles. The first-order valence-corrected chi connectivity index (χ1v) is 12.4. The Bertz CT molecular complexity index is 715. The number of rotatable bonds is 8. The first-order chi connectivity index (χ1) is 15.5. The first kappa shape index (κ1) is 27.7. The highest BCUT2D eigenvalue weighted by atomic mass is 127. The summed E-state index contributed by atoms with van der Waals surface area (Å²) in [6.07, 6.45) is 14.0. The number of aromatic nitrogens is 1. The average Bonchev–Trinajstić information content (AvgIpc) is 2.84. The zero-order valence-corrected chi connectivity index (χ0v) is 23.0. The Kier molecular flexibility index (Phi) is 12.3. The maximum atomic E-state index is 12.1. The van der Waals surface area contributed by atoms with Gasteiger partial charge < -0.3 is 20.0 Å². The minimum absolute atomic E-state index is 0. The Morgan fingerprint density at radius 2 is 1.73 bits per heavy atom. The summed E-state index contributed by atoms with van der Waals surface area (Å²) in [5, 5.41) is 3.59. The fourth-order valence-electron chi connectivity index (χ4n) is 4.74. The van der Waals surface area contributed by atoms with Gasteiger partial charge in [-0.1, -0.05) is 19.3 Å². The van der Waals surface area contributed by atoms with E-state index in [9.17, 15) is 4.79 Å². The zero-order valence-electron chi connectivity index (χ0n) is 20.7. The third-order valence-corrected chi connectivity index (χ3v) is 7.01. The summed E-state index contributed by atoms with van der Waals surface area (Å²) in [4.78, 5) is 27.2. The van der Waals surface area contributed by atoms with Gasteiger partial charge >= 0.3 is 0 Å². The van der Waals surface area contributed by atoms with Gasteiger partial charge in [-0.15, -0.1) is 24.0 Å². The van der Waals surface area contributed by atoms with Crippen LogP contribution in [0.25, 0.3) is 0 Å². The predicted octanol–water partition coefficient (Wildman–Crippen LogP) is 3.85. The Morgan fingerprint density at radius 3 is 2.36 bits per heavy atom. The molecule has 0 bridgehead atoms. The second kappa shape index (κ2) is 14.6. The van der Waals surface area contributed by atoms with E-state index in [1.807, 2.05) is 12.4 Å². The van der Waals surface area contributed by atoms with Gasteiger partial charge in [0.05, 0.1) is 0 Å². The summed E-state index contributed by atoms with van der Waals surface area (Å²) in [5.41, 5.74) is 1.28. The molecule has 0 atom stereocenters. The molecule has 8 heteroatoms. The number of likely N-dealkylation sites (N-methyl/N-ethyl adjacent to an activating group) is 1. The number of nitrogens with zero attached hydrogens (tertiary/aromatic N) is 5. The van der Waals surface area contributed by atoms with Crippen LogP contribution in [0, 0.1) is 11.8 Å². The quantitative estimate of drug-likeness (QED) is 0.292. The number of piperidine rings is 1. The van der Waals surface area contributed by atoms with Crippen LogP contribution < -0.4 is 10.2 Å². The van der Waals surface area contributed by atoms with Gasteiger partial charge in [0.25, 0.3) is 0 Å². The van der Waals surface area contributed by atoms with E-state index in [0.717, 1.165) is 50.4 Å². The number of halogens is 1. The van der Waals surface area contributed by atoms with Gasteiger partial charge in [0.15, 0.2) is 5.96 Å². The second-order valence-electron chi connectivity index (χ2n) is 9.66. The number of amides is 1. The first-order valence-electron chi connectivity index (χ1n) is 12.4. The summed E-state index contributed by atoms with van der Waals surface area (Å²) >= 11 is 0. The number of guanidine groups is 1. The van der Waals surface area contributed by atoms with Gasteiger partial charge in [-0.05, 0) is 56.1 Å². The SMILES string of the molecule is CN(C)C(=O)CN=C(NCC1CCCCC1)N(C)CCC1CCN(c2ccncc2)CC1.I. The van der Waals surface area contributed by atoms with Crippen LogP contribution >= 0.6 is 24.0 Å². The lowest BCUT2D eigenvalue weighted by atomic mass is 9.89. The number of aliphatic imine (C=N–C) groups is 1.